The lowest BCUT2D eigenvalue weighted by Crippen LogP contribution is -2.24. The summed E-state index contributed by atoms with van der Waals surface area (Å²) in [5, 5.41) is 8.52. The summed E-state index contributed by atoms with van der Waals surface area (Å²) in [7, 11) is 0. The van der Waals surface area contributed by atoms with Gasteiger partial charge in [-0.3, -0.25) is 4.79 Å². The average Bonchev–Trinajstić information content (AvgIpc) is 3.56. The second kappa shape index (κ2) is 8.56. The van der Waals surface area contributed by atoms with Crippen LogP contribution in [0.4, 0.5) is 0 Å². The van der Waals surface area contributed by atoms with Gasteiger partial charge in [-0.15, -0.1) is 21.5 Å². The molecule has 0 bridgehead atoms. The van der Waals surface area contributed by atoms with Crippen molar-refractivity contribution in [3.63, 3.8) is 0 Å². The van der Waals surface area contributed by atoms with E-state index in [9.17, 15) is 4.79 Å². The first-order valence-electron chi connectivity index (χ1n) is 10.5. The van der Waals surface area contributed by atoms with Crippen LogP contribution in [0, 0.1) is 5.92 Å². The van der Waals surface area contributed by atoms with Crippen LogP contribution < -0.4 is 5.48 Å². The summed E-state index contributed by atoms with van der Waals surface area (Å²) in [4.78, 5) is 21.6. The van der Waals surface area contributed by atoms with Crippen LogP contribution >= 0.6 is 11.3 Å². The third kappa shape index (κ3) is 3.96. The number of fused-ring (bicyclic) bond motifs is 1. The van der Waals surface area contributed by atoms with Crippen LogP contribution in [0.1, 0.15) is 32.2 Å². The Labute approximate surface area is 184 Å². The Kier molecular flexibility index (Phi) is 5.48. The first-order chi connectivity index (χ1) is 15.2. The third-order valence-corrected chi connectivity index (χ3v) is 6.62. The zero-order valence-corrected chi connectivity index (χ0v) is 18.0. The minimum atomic E-state index is -0.179. The number of benzene rings is 2. The average molecular weight is 434 g/mol. The summed E-state index contributed by atoms with van der Waals surface area (Å²) in [5.41, 5.74) is 8.89. The van der Waals surface area contributed by atoms with Crippen molar-refractivity contribution in [3.8, 4) is 22.5 Å². The van der Waals surface area contributed by atoms with Crippen molar-refractivity contribution in [2.75, 3.05) is 6.54 Å². The molecule has 0 saturated heterocycles. The summed E-state index contributed by atoms with van der Waals surface area (Å²) in [5.74, 6) is 0.555. The van der Waals surface area contributed by atoms with Gasteiger partial charge in [0, 0.05) is 18.2 Å². The molecule has 0 spiro atoms. The Hall–Kier alpha value is -3.10. The molecule has 1 saturated carbocycles. The Morgan fingerprint density at radius 3 is 2.81 bits per heavy atom. The highest BCUT2D eigenvalue weighted by molar-refractivity contribution is 7.16. The van der Waals surface area contributed by atoms with Gasteiger partial charge in [0.05, 0.1) is 21.6 Å². The van der Waals surface area contributed by atoms with Gasteiger partial charge in [-0.05, 0) is 49.4 Å². The van der Waals surface area contributed by atoms with Gasteiger partial charge < -0.3 is 9.40 Å². The summed E-state index contributed by atoms with van der Waals surface area (Å²) in [6.45, 7) is 2.50. The second-order valence-electron chi connectivity index (χ2n) is 7.76. The Bertz CT molecular complexity index is 1200. The van der Waals surface area contributed by atoms with Crippen LogP contribution in [-0.2, 0) is 9.63 Å². The smallest absolute Gasteiger partial charge is 0.327 e. The number of nitrogens with zero attached hydrogens (tertiary/aromatic N) is 4. The van der Waals surface area contributed by atoms with Gasteiger partial charge in [0.2, 0.25) is 0 Å². The SMILES string of the molecule is CCNOC(=O)[C@H]1CC[C@@H](n2cnnc2-c2ccc(-c3ccc4ncsc4c3)cc2)C1. The van der Waals surface area contributed by atoms with Gasteiger partial charge in [0.1, 0.15) is 6.33 Å². The third-order valence-electron chi connectivity index (χ3n) is 5.83. The van der Waals surface area contributed by atoms with Crippen LogP contribution in [0.25, 0.3) is 32.7 Å². The maximum absolute atomic E-state index is 12.2. The standard InChI is InChI=1S/C23H23N5O2S/c1-2-26-30-23(29)18-7-9-19(11-18)28-13-25-27-22(28)16-5-3-15(4-6-16)17-8-10-20-21(12-17)31-14-24-20/h3-6,8,10,12-14,18-19,26H,2,7,9,11H2,1H3/t18-,19+/m0/s1. The molecule has 0 unspecified atom stereocenters. The normalized spacial score (nSPS) is 18.5. The Balaban J connectivity index is 1.34. The number of rotatable bonds is 6. The van der Waals surface area contributed by atoms with Crippen LogP contribution in [0.15, 0.2) is 54.3 Å². The quantitative estimate of drug-likeness (QED) is 0.447. The predicted molar refractivity (Wildman–Crippen MR) is 120 cm³/mol. The lowest BCUT2D eigenvalue weighted by Gasteiger charge is -2.15. The predicted octanol–water partition coefficient (Wildman–Crippen LogP) is 4.63. The zero-order valence-electron chi connectivity index (χ0n) is 17.2. The van der Waals surface area contributed by atoms with Crippen molar-refractivity contribution in [2.24, 2.45) is 5.92 Å². The van der Waals surface area contributed by atoms with E-state index in [0.29, 0.717) is 6.54 Å². The van der Waals surface area contributed by atoms with Crippen LogP contribution in [-0.4, -0.2) is 32.3 Å². The molecule has 158 valence electrons. The molecule has 31 heavy (non-hydrogen) atoms. The van der Waals surface area contributed by atoms with E-state index in [1.165, 1.54) is 10.3 Å². The van der Waals surface area contributed by atoms with Crippen LogP contribution in [0.5, 0.6) is 0 Å². The number of hydroxylamine groups is 1. The second-order valence-corrected chi connectivity index (χ2v) is 8.64. The molecular formula is C23H23N5O2S. The maximum atomic E-state index is 12.2. The minimum Gasteiger partial charge on any atom is -0.370 e. The number of hydrogen-bond donors (Lipinski definition) is 1. The molecular weight excluding hydrogens is 410 g/mol. The molecule has 5 rings (SSSR count). The minimum absolute atomic E-state index is 0.0941. The number of thiazole rings is 1. The van der Waals surface area contributed by atoms with E-state index in [0.717, 1.165) is 41.7 Å². The van der Waals surface area contributed by atoms with Crippen molar-refractivity contribution < 1.29 is 9.63 Å². The first kappa shape index (κ1) is 19.8. The fraction of sp³-hybridized carbons (Fsp3) is 0.304. The topological polar surface area (TPSA) is 81.9 Å². The van der Waals surface area contributed by atoms with Gasteiger partial charge in [-0.2, -0.15) is 5.48 Å². The van der Waals surface area contributed by atoms with E-state index in [2.05, 4.69) is 67.7 Å². The molecule has 2 aromatic heterocycles. The Morgan fingerprint density at radius 2 is 1.97 bits per heavy atom. The lowest BCUT2D eigenvalue weighted by molar-refractivity contribution is -0.155. The number of nitrogens with one attached hydrogen (secondary N) is 1. The van der Waals surface area contributed by atoms with Gasteiger partial charge >= 0.3 is 5.97 Å². The van der Waals surface area contributed by atoms with E-state index in [4.69, 9.17) is 4.84 Å². The molecule has 8 heteroatoms. The van der Waals surface area contributed by atoms with E-state index >= 15 is 0 Å². The number of hydrogen-bond acceptors (Lipinski definition) is 7. The maximum Gasteiger partial charge on any atom is 0.327 e. The van der Waals surface area contributed by atoms with Gasteiger partial charge in [0.15, 0.2) is 5.82 Å². The zero-order chi connectivity index (χ0) is 21.2. The van der Waals surface area contributed by atoms with Gasteiger partial charge in [0.25, 0.3) is 0 Å². The summed E-state index contributed by atoms with van der Waals surface area (Å²) < 4.78 is 3.28. The molecule has 0 amide bonds. The summed E-state index contributed by atoms with van der Waals surface area (Å²) >= 11 is 1.65. The summed E-state index contributed by atoms with van der Waals surface area (Å²) in [6, 6.07) is 14.9. The lowest BCUT2D eigenvalue weighted by atomic mass is 10.0. The van der Waals surface area contributed by atoms with E-state index in [1.807, 2.05) is 12.4 Å². The molecule has 7 nitrogen and oxygen atoms in total. The molecule has 4 aromatic rings. The summed E-state index contributed by atoms with van der Waals surface area (Å²) in [6.07, 6.45) is 4.22. The highest BCUT2D eigenvalue weighted by Gasteiger charge is 2.33. The largest absolute Gasteiger partial charge is 0.370 e. The van der Waals surface area contributed by atoms with Crippen molar-refractivity contribution in [1.29, 1.82) is 0 Å². The molecule has 1 aliphatic rings. The molecule has 2 heterocycles. The fourth-order valence-electron chi connectivity index (χ4n) is 4.21. The molecule has 0 aliphatic heterocycles. The van der Waals surface area contributed by atoms with Crippen molar-refractivity contribution in [1.82, 2.24) is 25.2 Å². The van der Waals surface area contributed by atoms with Gasteiger partial charge in [-0.1, -0.05) is 30.3 Å². The molecule has 1 aliphatic carbocycles. The molecule has 1 N–H and O–H groups in total. The fourth-order valence-corrected chi connectivity index (χ4v) is 4.93. The highest BCUT2D eigenvalue weighted by atomic mass is 32.1. The number of carbonyl (C=O) groups is 1. The van der Waals surface area contributed by atoms with E-state index < -0.39 is 0 Å². The van der Waals surface area contributed by atoms with E-state index in [1.54, 1.807) is 17.7 Å². The van der Waals surface area contributed by atoms with Crippen LogP contribution in [0.3, 0.4) is 0 Å². The van der Waals surface area contributed by atoms with Crippen molar-refractivity contribution >= 4 is 27.5 Å². The Morgan fingerprint density at radius 1 is 1.16 bits per heavy atom. The van der Waals surface area contributed by atoms with E-state index in [-0.39, 0.29) is 17.9 Å². The molecule has 2 aromatic carbocycles. The van der Waals surface area contributed by atoms with Crippen molar-refractivity contribution in [2.45, 2.75) is 32.2 Å². The monoisotopic (exact) mass is 433 g/mol. The number of carbonyl (C=O) groups excluding carboxylic acids is 1. The number of aromatic nitrogens is 4. The first-order valence-corrected chi connectivity index (χ1v) is 11.4. The van der Waals surface area contributed by atoms with Gasteiger partial charge in [-0.25, -0.2) is 4.98 Å². The molecule has 2 atom stereocenters. The van der Waals surface area contributed by atoms with Crippen LogP contribution in [0.2, 0.25) is 0 Å². The van der Waals surface area contributed by atoms with Crippen molar-refractivity contribution in [3.05, 3.63) is 54.3 Å². The molecule has 1 fully saturated rings. The molecule has 0 radical (unpaired) electrons. The highest BCUT2D eigenvalue weighted by Crippen LogP contribution is 2.37.